The zero-order chi connectivity index (χ0) is 21.1. The van der Waals surface area contributed by atoms with Crippen molar-refractivity contribution < 1.29 is 33.4 Å². The molecular weight excluding hydrogens is 392 g/mol. The SMILES string of the molecule is O=C(COC(=O)CCN1C(=O)C2CCCCC2C1=O)NCc1ccc2c(c1)OCO2. The van der Waals surface area contributed by atoms with Gasteiger partial charge < -0.3 is 19.5 Å². The van der Waals surface area contributed by atoms with Gasteiger partial charge in [0.05, 0.1) is 18.3 Å². The molecule has 30 heavy (non-hydrogen) atoms. The fraction of sp³-hybridized carbons (Fsp3) is 0.524. The van der Waals surface area contributed by atoms with Crippen LogP contribution in [0.25, 0.3) is 0 Å². The number of ether oxygens (including phenoxy) is 3. The van der Waals surface area contributed by atoms with Crippen molar-refractivity contribution in [2.45, 2.75) is 38.6 Å². The highest BCUT2D eigenvalue weighted by atomic mass is 16.7. The summed E-state index contributed by atoms with van der Waals surface area (Å²) in [5.41, 5.74) is 0.825. The molecule has 1 saturated heterocycles. The summed E-state index contributed by atoms with van der Waals surface area (Å²) in [5, 5.41) is 2.66. The standard InChI is InChI=1S/C21H24N2O7/c24-18(22-10-13-5-6-16-17(9-13)30-12-29-16)11-28-19(25)7-8-23-20(26)14-3-1-2-4-15(14)21(23)27/h5-6,9,14-15H,1-4,7-8,10-12H2,(H,22,24). The maximum Gasteiger partial charge on any atom is 0.308 e. The van der Waals surface area contributed by atoms with Gasteiger partial charge in [0.25, 0.3) is 5.91 Å². The molecule has 0 spiro atoms. The Morgan fingerprint density at radius 3 is 2.50 bits per heavy atom. The molecule has 1 saturated carbocycles. The van der Waals surface area contributed by atoms with Crippen LogP contribution in [0.3, 0.4) is 0 Å². The number of esters is 1. The van der Waals surface area contributed by atoms with Gasteiger partial charge in [-0.25, -0.2) is 0 Å². The van der Waals surface area contributed by atoms with Gasteiger partial charge in [-0.3, -0.25) is 24.1 Å². The Bertz CT molecular complexity index is 845. The van der Waals surface area contributed by atoms with Crippen LogP contribution in [0.5, 0.6) is 11.5 Å². The van der Waals surface area contributed by atoms with Crippen LogP contribution in [0.4, 0.5) is 0 Å². The van der Waals surface area contributed by atoms with E-state index in [-0.39, 0.29) is 50.0 Å². The molecule has 2 atom stereocenters. The summed E-state index contributed by atoms with van der Waals surface area (Å²) < 4.78 is 15.5. The lowest BCUT2D eigenvalue weighted by Crippen LogP contribution is -2.34. The van der Waals surface area contributed by atoms with Gasteiger partial charge >= 0.3 is 5.97 Å². The number of hydrogen-bond acceptors (Lipinski definition) is 7. The van der Waals surface area contributed by atoms with Gasteiger partial charge in [0, 0.05) is 13.1 Å². The second kappa shape index (κ2) is 8.73. The first-order valence-electron chi connectivity index (χ1n) is 10.2. The van der Waals surface area contributed by atoms with Gasteiger partial charge in [0.15, 0.2) is 18.1 Å². The van der Waals surface area contributed by atoms with E-state index in [1.807, 2.05) is 6.07 Å². The number of carbonyl (C=O) groups excluding carboxylic acids is 4. The topological polar surface area (TPSA) is 111 Å². The van der Waals surface area contributed by atoms with Crippen molar-refractivity contribution in [1.29, 1.82) is 0 Å². The first-order chi connectivity index (χ1) is 14.5. The number of carbonyl (C=O) groups is 4. The van der Waals surface area contributed by atoms with Gasteiger partial charge in [-0.2, -0.15) is 0 Å². The Kier molecular flexibility index (Phi) is 5.87. The van der Waals surface area contributed by atoms with E-state index in [0.717, 1.165) is 31.2 Å². The molecule has 2 heterocycles. The minimum atomic E-state index is -0.622. The molecule has 3 aliphatic rings. The van der Waals surface area contributed by atoms with Crippen molar-refractivity contribution in [1.82, 2.24) is 10.2 Å². The Hall–Kier alpha value is -3.10. The number of hydrogen-bond donors (Lipinski definition) is 1. The maximum absolute atomic E-state index is 12.4. The van der Waals surface area contributed by atoms with Crippen molar-refractivity contribution in [3.8, 4) is 11.5 Å². The van der Waals surface area contributed by atoms with Gasteiger partial charge in [0.2, 0.25) is 18.6 Å². The molecule has 4 rings (SSSR count). The summed E-state index contributed by atoms with van der Waals surface area (Å²) in [6.45, 7) is 0.0163. The third kappa shape index (κ3) is 4.24. The summed E-state index contributed by atoms with van der Waals surface area (Å²) in [4.78, 5) is 49.8. The molecule has 1 aliphatic carbocycles. The molecular formula is C21H24N2O7. The smallest absolute Gasteiger partial charge is 0.308 e. The number of fused-ring (bicyclic) bond motifs is 2. The van der Waals surface area contributed by atoms with Crippen molar-refractivity contribution in [2.75, 3.05) is 19.9 Å². The summed E-state index contributed by atoms with van der Waals surface area (Å²) >= 11 is 0. The van der Waals surface area contributed by atoms with Gasteiger partial charge in [0.1, 0.15) is 0 Å². The molecule has 1 N–H and O–H groups in total. The fourth-order valence-corrected chi connectivity index (χ4v) is 4.18. The van der Waals surface area contributed by atoms with E-state index in [4.69, 9.17) is 14.2 Å². The van der Waals surface area contributed by atoms with Gasteiger partial charge in [-0.1, -0.05) is 18.9 Å². The summed E-state index contributed by atoms with van der Waals surface area (Å²) in [6.07, 6.45) is 3.26. The predicted octanol–water partition coefficient (Wildman–Crippen LogP) is 1.14. The predicted molar refractivity (Wildman–Crippen MR) is 102 cm³/mol. The minimum Gasteiger partial charge on any atom is -0.456 e. The van der Waals surface area contributed by atoms with Crippen LogP contribution in [-0.4, -0.2) is 48.5 Å². The largest absolute Gasteiger partial charge is 0.456 e. The summed E-state index contributed by atoms with van der Waals surface area (Å²) in [6, 6.07) is 5.35. The number of imide groups is 1. The normalized spacial score (nSPS) is 22.1. The van der Waals surface area contributed by atoms with E-state index in [1.165, 1.54) is 4.90 Å². The van der Waals surface area contributed by atoms with Crippen molar-refractivity contribution in [2.24, 2.45) is 11.8 Å². The Balaban J connectivity index is 1.17. The van der Waals surface area contributed by atoms with E-state index >= 15 is 0 Å². The van der Waals surface area contributed by atoms with Crippen molar-refractivity contribution in [3.63, 3.8) is 0 Å². The number of likely N-dealkylation sites (tertiary alicyclic amines) is 1. The molecule has 1 aromatic carbocycles. The second-order valence-corrected chi connectivity index (χ2v) is 7.70. The first-order valence-corrected chi connectivity index (χ1v) is 10.2. The Labute approximate surface area is 173 Å². The molecule has 2 aliphatic heterocycles. The highest BCUT2D eigenvalue weighted by Crippen LogP contribution is 2.38. The van der Waals surface area contributed by atoms with Crippen LogP contribution in [0.1, 0.15) is 37.7 Å². The van der Waals surface area contributed by atoms with Crippen LogP contribution in [0.2, 0.25) is 0 Å². The third-order valence-corrected chi connectivity index (χ3v) is 5.76. The van der Waals surface area contributed by atoms with Crippen LogP contribution < -0.4 is 14.8 Å². The maximum atomic E-state index is 12.4. The molecule has 1 aromatic rings. The molecule has 3 amide bonds. The molecule has 2 fully saturated rings. The molecule has 9 heteroatoms. The minimum absolute atomic E-state index is 0.00230. The number of benzene rings is 1. The number of nitrogens with zero attached hydrogens (tertiary/aromatic N) is 1. The molecule has 0 radical (unpaired) electrons. The van der Waals surface area contributed by atoms with E-state index in [2.05, 4.69) is 5.32 Å². The third-order valence-electron chi connectivity index (χ3n) is 5.76. The quantitative estimate of drug-likeness (QED) is 0.524. The second-order valence-electron chi connectivity index (χ2n) is 7.70. The Morgan fingerprint density at radius 1 is 1.07 bits per heavy atom. The van der Waals surface area contributed by atoms with Crippen molar-refractivity contribution in [3.05, 3.63) is 23.8 Å². The van der Waals surface area contributed by atoms with Gasteiger partial charge in [-0.05, 0) is 30.5 Å². The van der Waals surface area contributed by atoms with E-state index in [1.54, 1.807) is 12.1 Å². The highest BCUT2D eigenvalue weighted by molar-refractivity contribution is 6.05. The Morgan fingerprint density at radius 2 is 1.77 bits per heavy atom. The molecule has 160 valence electrons. The van der Waals surface area contributed by atoms with E-state index < -0.39 is 18.5 Å². The average Bonchev–Trinajstić information content (AvgIpc) is 3.32. The fourth-order valence-electron chi connectivity index (χ4n) is 4.18. The van der Waals surface area contributed by atoms with Crippen LogP contribution >= 0.6 is 0 Å². The number of nitrogens with one attached hydrogen (secondary N) is 1. The van der Waals surface area contributed by atoms with Crippen molar-refractivity contribution >= 4 is 23.7 Å². The van der Waals surface area contributed by atoms with Crippen LogP contribution in [0.15, 0.2) is 18.2 Å². The lowest BCUT2D eigenvalue weighted by molar-refractivity contribution is -0.150. The number of amides is 3. The summed E-state index contributed by atoms with van der Waals surface area (Å²) in [5.74, 6) is -0.609. The number of rotatable bonds is 7. The lowest BCUT2D eigenvalue weighted by Gasteiger charge is -2.19. The first kappa shape index (κ1) is 20.2. The monoisotopic (exact) mass is 416 g/mol. The zero-order valence-corrected chi connectivity index (χ0v) is 16.6. The highest BCUT2D eigenvalue weighted by Gasteiger charge is 2.47. The molecule has 0 aromatic heterocycles. The molecule has 2 unspecified atom stereocenters. The summed E-state index contributed by atoms with van der Waals surface area (Å²) in [7, 11) is 0. The average molecular weight is 416 g/mol. The molecule has 0 bridgehead atoms. The molecule has 9 nitrogen and oxygen atoms in total. The van der Waals surface area contributed by atoms with Gasteiger partial charge in [-0.15, -0.1) is 0 Å². The van der Waals surface area contributed by atoms with E-state index in [0.29, 0.717) is 11.5 Å². The lowest BCUT2D eigenvalue weighted by atomic mass is 9.81. The van der Waals surface area contributed by atoms with Crippen LogP contribution in [-0.2, 0) is 30.5 Å². The zero-order valence-electron chi connectivity index (χ0n) is 16.6. The van der Waals surface area contributed by atoms with Crippen LogP contribution in [0, 0.1) is 11.8 Å². The van der Waals surface area contributed by atoms with E-state index in [9.17, 15) is 19.2 Å².